The monoisotopic (exact) mass is 448 g/mol. The van der Waals surface area contributed by atoms with Gasteiger partial charge in [-0.2, -0.15) is 0 Å². The summed E-state index contributed by atoms with van der Waals surface area (Å²) in [4.78, 5) is 24.4. The molecule has 6 heteroatoms. The standard InChI is InChI=1S/C27H28O6/c1-5-15-32-24-13-9-20(17-26(24)30-3)7-11-22(28)19-23(29)12-8-21-10-14-25(33-16-6-2)27(18-21)31-4/h5-14,17-18H,1-2,15-16,19H2,3-4H3. The molecular weight excluding hydrogens is 420 g/mol. The average Bonchev–Trinajstić information content (AvgIpc) is 2.83. The van der Waals surface area contributed by atoms with Gasteiger partial charge in [0.15, 0.2) is 34.6 Å². The molecule has 0 spiro atoms. The van der Waals surface area contributed by atoms with E-state index in [0.29, 0.717) is 36.2 Å². The van der Waals surface area contributed by atoms with Crippen molar-refractivity contribution in [3.63, 3.8) is 0 Å². The zero-order valence-corrected chi connectivity index (χ0v) is 18.9. The molecule has 0 aliphatic rings. The molecule has 0 radical (unpaired) electrons. The summed E-state index contributed by atoms with van der Waals surface area (Å²) in [6.45, 7) is 7.95. The number of ether oxygens (including phenoxy) is 4. The van der Waals surface area contributed by atoms with E-state index in [0.717, 1.165) is 11.1 Å². The highest BCUT2D eigenvalue weighted by molar-refractivity contribution is 6.10. The first-order chi connectivity index (χ1) is 16.0. The van der Waals surface area contributed by atoms with Crippen LogP contribution in [-0.2, 0) is 9.59 Å². The van der Waals surface area contributed by atoms with E-state index in [2.05, 4.69) is 13.2 Å². The summed E-state index contributed by atoms with van der Waals surface area (Å²) in [7, 11) is 3.08. The molecule has 0 saturated heterocycles. The van der Waals surface area contributed by atoms with Crippen LogP contribution in [0.2, 0.25) is 0 Å². The minimum Gasteiger partial charge on any atom is -0.493 e. The van der Waals surface area contributed by atoms with Gasteiger partial charge in [0.1, 0.15) is 13.2 Å². The lowest BCUT2D eigenvalue weighted by molar-refractivity contribution is -0.121. The Labute approximate surface area is 194 Å². The Balaban J connectivity index is 1.97. The third-order valence-corrected chi connectivity index (χ3v) is 4.36. The number of carbonyl (C=O) groups excluding carboxylic acids is 2. The second-order valence-electron chi connectivity index (χ2n) is 6.80. The SMILES string of the molecule is C=CCOc1ccc(C=CC(=O)CC(=O)C=Cc2ccc(OCC=C)c(OC)c2)cc1OC. The van der Waals surface area contributed by atoms with Crippen molar-refractivity contribution in [3.8, 4) is 23.0 Å². The van der Waals surface area contributed by atoms with Gasteiger partial charge in [0, 0.05) is 0 Å². The van der Waals surface area contributed by atoms with Crippen LogP contribution in [0.5, 0.6) is 23.0 Å². The Bertz CT molecular complexity index is 965. The van der Waals surface area contributed by atoms with Gasteiger partial charge in [-0.1, -0.05) is 49.6 Å². The molecule has 0 atom stereocenters. The molecule has 0 fully saturated rings. The molecule has 2 aromatic rings. The van der Waals surface area contributed by atoms with Gasteiger partial charge >= 0.3 is 0 Å². The van der Waals surface area contributed by atoms with Crippen molar-refractivity contribution in [1.82, 2.24) is 0 Å². The first-order valence-electron chi connectivity index (χ1n) is 10.3. The Kier molecular flexibility index (Phi) is 10.2. The average molecular weight is 449 g/mol. The summed E-state index contributed by atoms with van der Waals surface area (Å²) < 4.78 is 21.6. The topological polar surface area (TPSA) is 71.1 Å². The highest BCUT2D eigenvalue weighted by Gasteiger charge is 2.07. The van der Waals surface area contributed by atoms with Crippen molar-refractivity contribution in [2.75, 3.05) is 27.4 Å². The number of rotatable bonds is 14. The fourth-order valence-electron chi connectivity index (χ4n) is 2.78. The molecule has 0 N–H and O–H groups in total. The summed E-state index contributed by atoms with van der Waals surface area (Å²) in [6, 6.07) is 10.6. The third kappa shape index (κ3) is 8.18. The number of ketones is 2. The number of hydrogen-bond donors (Lipinski definition) is 0. The molecule has 0 heterocycles. The number of methoxy groups -OCH3 is 2. The van der Waals surface area contributed by atoms with Crippen molar-refractivity contribution < 1.29 is 28.5 Å². The van der Waals surface area contributed by atoms with E-state index < -0.39 is 0 Å². The van der Waals surface area contributed by atoms with Gasteiger partial charge in [-0.15, -0.1) is 0 Å². The van der Waals surface area contributed by atoms with Crippen LogP contribution in [0.4, 0.5) is 0 Å². The first-order valence-corrected chi connectivity index (χ1v) is 10.3. The van der Waals surface area contributed by atoms with Crippen LogP contribution in [0.15, 0.2) is 73.9 Å². The van der Waals surface area contributed by atoms with E-state index in [4.69, 9.17) is 18.9 Å². The molecule has 0 aliphatic heterocycles. The number of hydrogen-bond acceptors (Lipinski definition) is 6. The maximum atomic E-state index is 12.2. The van der Waals surface area contributed by atoms with Gasteiger partial charge in [-0.25, -0.2) is 0 Å². The minimum absolute atomic E-state index is 0.234. The molecule has 0 aromatic heterocycles. The predicted molar refractivity (Wildman–Crippen MR) is 130 cm³/mol. The van der Waals surface area contributed by atoms with Crippen molar-refractivity contribution in [2.24, 2.45) is 0 Å². The van der Waals surface area contributed by atoms with Crippen molar-refractivity contribution in [2.45, 2.75) is 6.42 Å². The molecule has 0 aliphatic carbocycles. The van der Waals surface area contributed by atoms with Crippen molar-refractivity contribution >= 4 is 23.7 Å². The zero-order valence-electron chi connectivity index (χ0n) is 18.9. The number of carbonyl (C=O) groups is 2. The van der Waals surface area contributed by atoms with E-state index >= 15 is 0 Å². The third-order valence-electron chi connectivity index (χ3n) is 4.36. The molecule has 6 nitrogen and oxygen atoms in total. The highest BCUT2D eigenvalue weighted by Crippen LogP contribution is 2.29. The van der Waals surface area contributed by atoms with E-state index in [9.17, 15) is 9.59 Å². The summed E-state index contributed by atoms with van der Waals surface area (Å²) in [5.74, 6) is 1.64. The van der Waals surface area contributed by atoms with Gasteiger partial charge in [0.05, 0.1) is 20.6 Å². The lowest BCUT2D eigenvalue weighted by atomic mass is 10.1. The minimum atomic E-state index is -0.304. The molecule has 0 saturated carbocycles. The van der Waals surface area contributed by atoms with Crippen LogP contribution >= 0.6 is 0 Å². The van der Waals surface area contributed by atoms with E-state index in [-0.39, 0.29) is 18.0 Å². The normalized spacial score (nSPS) is 10.7. The van der Waals surface area contributed by atoms with Crippen molar-refractivity contribution in [3.05, 3.63) is 85.0 Å². The van der Waals surface area contributed by atoms with E-state index in [1.165, 1.54) is 26.4 Å². The fraction of sp³-hybridized carbons (Fsp3) is 0.185. The quantitative estimate of drug-likeness (QED) is 0.228. The van der Waals surface area contributed by atoms with Crippen LogP contribution in [0.3, 0.4) is 0 Å². The van der Waals surface area contributed by atoms with Gasteiger partial charge < -0.3 is 18.9 Å². The lowest BCUT2D eigenvalue weighted by Crippen LogP contribution is -2.02. The molecule has 33 heavy (non-hydrogen) atoms. The van der Waals surface area contributed by atoms with E-state index in [1.807, 2.05) is 0 Å². The van der Waals surface area contributed by atoms with Crippen LogP contribution in [-0.4, -0.2) is 39.0 Å². The predicted octanol–water partition coefficient (Wildman–Crippen LogP) is 5.09. The molecule has 0 amide bonds. The largest absolute Gasteiger partial charge is 0.493 e. The summed E-state index contributed by atoms with van der Waals surface area (Å²) in [5, 5.41) is 0. The summed E-state index contributed by atoms with van der Waals surface area (Å²) in [6.07, 6.45) is 9.06. The molecule has 2 aromatic carbocycles. The van der Waals surface area contributed by atoms with Crippen LogP contribution < -0.4 is 18.9 Å². The Hall–Kier alpha value is -4.06. The summed E-state index contributed by atoms with van der Waals surface area (Å²) >= 11 is 0. The van der Waals surface area contributed by atoms with Crippen LogP contribution in [0.25, 0.3) is 12.2 Å². The fourth-order valence-corrected chi connectivity index (χ4v) is 2.78. The highest BCUT2D eigenvalue weighted by atomic mass is 16.5. The Morgan fingerprint density at radius 1 is 0.727 bits per heavy atom. The van der Waals surface area contributed by atoms with Gasteiger partial charge in [0.25, 0.3) is 0 Å². The maximum Gasteiger partial charge on any atom is 0.163 e. The molecular formula is C27H28O6. The van der Waals surface area contributed by atoms with Crippen LogP contribution in [0.1, 0.15) is 17.5 Å². The Morgan fingerprint density at radius 3 is 1.52 bits per heavy atom. The molecule has 172 valence electrons. The lowest BCUT2D eigenvalue weighted by Gasteiger charge is -2.09. The molecule has 0 bridgehead atoms. The Morgan fingerprint density at radius 2 is 1.15 bits per heavy atom. The van der Waals surface area contributed by atoms with Crippen molar-refractivity contribution in [1.29, 1.82) is 0 Å². The first kappa shape index (κ1) is 25.2. The summed E-state index contributed by atoms with van der Waals surface area (Å²) in [5.41, 5.74) is 1.50. The van der Waals surface area contributed by atoms with Crippen LogP contribution in [0, 0.1) is 0 Å². The molecule has 2 rings (SSSR count). The second kappa shape index (κ2) is 13.4. The van der Waals surface area contributed by atoms with E-state index in [1.54, 1.807) is 60.7 Å². The molecule has 0 unspecified atom stereocenters. The number of benzene rings is 2. The smallest absolute Gasteiger partial charge is 0.163 e. The number of allylic oxidation sites excluding steroid dienone is 2. The van der Waals surface area contributed by atoms with Gasteiger partial charge in [0.2, 0.25) is 0 Å². The second-order valence-corrected chi connectivity index (χ2v) is 6.80. The van der Waals surface area contributed by atoms with Gasteiger partial charge in [-0.3, -0.25) is 9.59 Å². The van der Waals surface area contributed by atoms with Gasteiger partial charge in [-0.05, 0) is 47.5 Å². The zero-order chi connectivity index (χ0) is 24.1. The maximum absolute atomic E-state index is 12.2.